The molecule has 3 heterocycles. The summed E-state index contributed by atoms with van der Waals surface area (Å²) in [5.74, 6) is -2.26. The zero-order valence-electron chi connectivity index (χ0n) is 10.9. The van der Waals surface area contributed by atoms with Crippen molar-refractivity contribution in [1.29, 1.82) is 0 Å². The van der Waals surface area contributed by atoms with Crippen molar-refractivity contribution in [2.45, 2.75) is 36.6 Å². The van der Waals surface area contributed by atoms with E-state index in [0.29, 0.717) is 6.54 Å². The van der Waals surface area contributed by atoms with E-state index in [1.54, 1.807) is 0 Å². The second kappa shape index (κ2) is 4.83. The van der Waals surface area contributed by atoms with Gasteiger partial charge in [-0.2, -0.15) is 0 Å². The summed E-state index contributed by atoms with van der Waals surface area (Å²) in [6, 6.07) is -1.02. The summed E-state index contributed by atoms with van der Waals surface area (Å²) in [5.41, 5.74) is -1.18. The maximum atomic E-state index is 11.4. The maximum absolute atomic E-state index is 11.4. The van der Waals surface area contributed by atoms with Crippen molar-refractivity contribution in [3.05, 3.63) is 12.2 Å². The fraction of sp³-hybridized carbons (Fsp3) is 0.692. The minimum atomic E-state index is -1.18. The molecule has 0 bridgehead atoms. The van der Waals surface area contributed by atoms with Crippen LogP contribution in [0.4, 0.5) is 0 Å². The molecule has 0 aromatic rings. The normalized spacial score (nSPS) is 42.8. The van der Waals surface area contributed by atoms with Crippen LogP contribution in [0.2, 0.25) is 0 Å². The van der Waals surface area contributed by atoms with E-state index >= 15 is 0 Å². The van der Waals surface area contributed by atoms with Crippen LogP contribution in [0.25, 0.3) is 0 Å². The molecule has 0 amide bonds. The molecular weight excluding hydrogens is 264 g/mol. The molecule has 4 N–H and O–H groups in total. The Morgan fingerprint density at radius 2 is 2.15 bits per heavy atom. The quantitative estimate of drug-likeness (QED) is 0.501. The van der Waals surface area contributed by atoms with Crippen molar-refractivity contribution < 1.29 is 24.5 Å². The summed E-state index contributed by atoms with van der Waals surface area (Å²) in [5, 5.41) is 24.8. The van der Waals surface area contributed by atoms with Gasteiger partial charge in [0.05, 0.1) is 12.5 Å². The number of carboxylic acids is 2. The monoisotopic (exact) mass is 282 g/mol. The lowest BCUT2D eigenvalue weighted by Crippen LogP contribution is -2.52. The number of carboxylic acid groups (broad SMARTS) is 2. The van der Waals surface area contributed by atoms with Gasteiger partial charge in [-0.25, -0.2) is 0 Å². The summed E-state index contributed by atoms with van der Waals surface area (Å²) >= 11 is 0. The first kappa shape index (κ1) is 13.5. The van der Waals surface area contributed by atoms with Crippen LogP contribution in [0.3, 0.4) is 0 Å². The molecule has 7 heteroatoms. The van der Waals surface area contributed by atoms with Crippen LogP contribution in [-0.4, -0.2) is 59.0 Å². The Morgan fingerprint density at radius 1 is 1.35 bits per heavy atom. The van der Waals surface area contributed by atoms with Gasteiger partial charge in [-0.05, 0) is 13.0 Å². The Morgan fingerprint density at radius 3 is 2.85 bits per heavy atom. The number of rotatable bonds is 3. The molecule has 7 nitrogen and oxygen atoms in total. The fourth-order valence-electron chi connectivity index (χ4n) is 3.73. The third-order valence-electron chi connectivity index (χ3n) is 4.49. The third-order valence-corrected chi connectivity index (χ3v) is 4.49. The summed E-state index contributed by atoms with van der Waals surface area (Å²) in [4.78, 5) is 22.6. The Balaban J connectivity index is 1.97. The third kappa shape index (κ3) is 1.93. The first-order valence-corrected chi connectivity index (χ1v) is 6.80. The second-order valence-corrected chi connectivity index (χ2v) is 5.59. The van der Waals surface area contributed by atoms with Gasteiger partial charge in [0, 0.05) is 18.5 Å². The maximum Gasteiger partial charge on any atom is 0.323 e. The molecule has 2 saturated heterocycles. The number of ether oxygens (including phenoxy) is 1. The predicted octanol–water partition coefficient (Wildman–Crippen LogP) is -0.811. The molecule has 0 unspecified atom stereocenters. The highest BCUT2D eigenvalue weighted by atomic mass is 16.5. The van der Waals surface area contributed by atoms with Crippen molar-refractivity contribution in [3.63, 3.8) is 0 Å². The molecule has 3 aliphatic rings. The Labute approximate surface area is 116 Å². The van der Waals surface area contributed by atoms with E-state index in [0.717, 1.165) is 13.0 Å². The van der Waals surface area contributed by atoms with Gasteiger partial charge < -0.3 is 25.6 Å². The number of carbonyl (C=O) groups is 2. The van der Waals surface area contributed by atoms with Crippen LogP contribution in [0.5, 0.6) is 0 Å². The van der Waals surface area contributed by atoms with Crippen LogP contribution >= 0.6 is 0 Å². The van der Waals surface area contributed by atoms with E-state index in [-0.39, 0.29) is 24.5 Å². The van der Waals surface area contributed by atoms with E-state index in [4.69, 9.17) is 9.84 Å². The van der Waals surface area contributed by atoms with Crippen LogP contribution in [0.15, 0.2) is 12.2 Å². The van der Waals surface area contributed by atoms with Gasteiger partial charge >= 0.3 is 11.9 Å². The molecule has 20 heavy (non-hydrogen) atoms. The smallest absolute Gasteiger partial charge is 0.323 e. The Hall–Kier alpha value is -1.44. The lowest BCUT2D eigenvalue weighted by atomic mass is 9.80. The molecule has 3 rings (SSSR count). The summed E-state index contributed by atoms with van der Waals surface area (Å²) in [6.07, 6.45) is 4.25. The minimum absolute atomic E-state index is 0.0371. The Bertz CT molecular complexity index is 466. The van der Waals surface area contributed by atoms with Crippen molar-refractivity contribution in [1.82, 2.24) is 10.6 Å². The van der Waals surface area contributed by atoms with E-state index < -0.39 is 23.6 Å². The minimum Gasteiger partial charge on any atom is -0.481 e. The van der Waals surface area contributed by atoms with E-state index in [1.807, 2.05) is 12.2 Å². The number of hydrogen-bond acceptors (Lipinski definition) is 5. The average molecular weight is 282 g/mol. The van der Waals surface area contributed by atoms with Gasteiger partial charge in [0.1, 0.15) is 11.6 Å². The highest BCUT2D eigenvalue weighted by Crippen LogP contribution is 2.45. The van der Waals surface area contributed by atoms with Gasteiger partial charge in [0.25, 0.3) is 0 Å². The number of fused-ring (bicyclic) bond motifs is 3. The zero-order chi connectivity index (χ0) is 14.3. The van der Waals surface area contributed by atoms with E-state index in [2.05, 4.69) is 10.6 Å². The lowest BCUT2D eigenvalue weighted by Gasteiger charge is -2.31. The first-order chi connectivity index (χ1) is 9.54. The second-order valence-electron chi connectivity index (χ2n) is 5.59. The standard InChI is InChI=1S/C13H18N2O5/c16-9(17)5-13-7(6-15-11(13)12(18)19)10-8(20-13)3-1-2-4-14-10/h1,3,7-8,10-11,14-15H,2,4-6H2,(H,16,17)(H,18,19)/t7-,8-,10-,11-,13+/m1/s1. The topological polar surface area (TPSA) is 108 Å². The molecule has 0 aromatic heterocycles. The van der Waals surface area contributed by atoms with Gasteiger partial charge in [-0.1, -0.05) is 12.2 Å². The van der Waals surface area contributed by atoms with Gasteiger partial charge in [-0.3, -0.25) is 9.59 Å². The largest absolute Gasteiger partial charge is 0.481 e. The summed E-state index contributed by atoms with van der Waals surface area (Å²) in [6.45, 7) is 1.24. The molecular formula is C13H18N2O5. The molecule has 110 valence electrons. The van der Waals surface area contributed by atoms with Crippen molar-refractivity contribution in [2.24, 2.45) is 5.92 Å². The number of hydrogen-bond donors (Lipinski definition) is 4. The molecule has 0 spiro atoms. The summed E-state index contributed by atoms with van der Waals surface area (Å²) in [7, 11) is 0. The van der Waals surface area contributed by atoms with Crippen molar-refractivity contribution in [2.75, 3.05) is 13.1 Å². The average Bonchev–Trinajstić information content (AvgIpc) is 2.72. The van der Waals surface area contributed by atoms with Gasteiger partial charge in [0.2, 0.25) is 0 Å². The highest BCUT2D eigenvalue weighted by molar-refractivity contribution is 5.79. The van der Waals surface area contributed by atoms with Crippen LogP contribution in [0, 0.1) is 5.92 Å². The molecule has 3 aliphatic heterocycles. The van der Waals surface area contributed by atoms with Gasteiger partial charge in [-0.15, -0.1) is 0 Å². The highest BCUT2D eigenvalue weighted by Gasteiger charge is 2.64. The first-order valence-electron chi connectivity index (χ1n) is 6.80. The molecule has 0 aromatic carbocycles. The zero-order valence-corrected chi connectivity index (χ0v) is 10.9. The fourth-order valence-corrected chi connectivity index (χ4v) is 3.73. The van der Waals surface area contributed by atoms with Crippen LogP contribution in [-0.2, 0) is 14.3 Å². The molecule has 2 fully saturated rings. The predicted molar refractivity (Wildman–Crippen MR) is 68.3 cm³/mol. The summed E-state index contributed by atoms with van der Waals surface area (Å²) < 4.78 is 5.97. The Kier molecular flexibility index (Phi) is 3.27. The van der Waals surface area contributed by atoms with Crippen molar-refractivity contribution in [3.8, 4) is 0 Å². The SMILES string of the molecule is O=C(O)C[C@]12O[C@@H]3C=CCCN[C@@H]3[C@H]1CN[C@@H]2C(=O)O. The van der Waals surface area contributed by atoms with Crippen LogP contribution in [0.1, 0.15) is 12.8 Å². The van der Waals surface area contributed by atoms with E-state index in [9.17, 15) is 14.7 Å². The number of nitrogens with one attached hydrogen (secondary N) is 2. The van der Waals surface area contributed by atoms with Crippen molar-refractivity contribution >= 4 is 11.9 Å². The lowest BCUT2D eigenvalue weighted by molar-refractivity contribution is -0.155. The molecule has 5 atom stereocenters. The molecule has 0 saturated carbocycles. The molecule has 0 radical (unpaired) electrons. The van der Waals surface area contributed by atoms with Gasteiger partial charge in [0.15, 0.2) is 0 Å². The number of aliphatic carboxylic acids is 2. The van der Waals surface area contributed by atoms with Crippen LogP contribution < -0.4 is 10.6 Å². The molecule has 0 aliphatic carbocycles. The van der Waals surface area contributed by atoms with E-state index in [1.165, 1.54) is 0 Å².